The molecule has 0 aromatic carbocycles. The lowest BCUT2D eigenvalue weighted by Gasteiger charge is -2.38. The van der Waals surface area contributed by atoms with Crippen molar-refractivity contribution in [2.45, 2.75) is 53.5 Å². The molecule has 0 aliphatic carbocycles. The molecule has 1 aromatic rings. The van der Waals surface area contributed by atoms with Crippen molar-refractivity contribution in [2.75, 3.05) is 24.5 Å². The van der Waals surface area contributed by atoms with Crippen molar-refractivity contribution in [2.24, 2.45) is 11.3 Å². The van der Waals surface area contributed by atoms with Crippen molar-refractivity contribution in [1.29, 1.82) is 0 Å². The second-order valence-corrected chi connectivity index (χ2v) is 6.93. The lowest BCUT2D eigenvalue weighted by atomic mass is 9.75. The van der Waals surface area contributed by atoms with Gasteiger partial charge in [-0.15, -0.1) is 0 Å². The fourth-order valence-electron chi connectivity index (χ4n) is 2.85. The van der Waals surface area contributed by atoms with Crippen LogP contribution in [0.1, 0.15) is 52.7 Å². The SMILES string of the molecule is CCCNCc1coc(N2CCC(C(C)(C)C)CC2)n1. The van der Waals surface area contributed by atoms with Crippen molar-refractivity contribution in [3.8, 4) is 0 Å². The third-order valence-electron chi connectivity index (χ3n) is 4.26. The molecule has 0 radical (unpaired) electrons. The lowest BCUT2D eigenvalue weighted by Crippen LogP contribution is -2.38. The first-order chi connectivity index (χ1) is 9.50. The van der Waals surface area contributed by atoms with E-state index in [1.165, 1.54) is 12.8 Å². The van der Waals surface area contributed by atoms with E-state index in [4.69, 9.17) is 4.42 Å². The summed E-state index contributed by atoms with van der Waals surface area (Å²) in [5, 5.41) is 3.35. The van der Waals surface area contributed by atoms with Gasteiger partial charge in [0.05, 0.1) is 5.69 Å². The van der Waals surface area contributed by atoms with Crippen LogP contribution in [0.2, 0.25) is 0 Å². The van der Waals surface area contributed by atoms with Crippen molar-refractivity contribution in [3.05, 3.63) is 12.0 Å². The summed E-state index contributed by atoms with van der Waals surface area (Å²) in [6, 6.07) is 0.797. The highest BCUT2D eigenvalue weighted by molar-refractivity contribution is 5.27. The summed E-state index contributed by atoms with van der Waals surface area (Å²) in [6.45, 7) is 13.1. The van der Waals surface area contributed by atoms with Gasteiger partial charge >= 0.3 is 0 Å². The molecule has 1 aliphatic rings. The fraction of sp³-hybridized carbons (Fsp3) is 0.812. The molecule has 0 saturated carbocycles. The maximum atomic E-state index is 5.63. The van der Waals surface area contributed by atoms with Crippen molar-refractivity contribution >= 4 is 6.01 Å². The molecule has 0 spiro atoms. The predicted octanol–water partition coefficient (Wildman–Crippen LogP) is 3.44. The molecule has 20 heavy (non-hydrogen) atoms. The van der Waals surface area contributed by atoms with Crippen molar-refractivity contribution in [3.63, 3.8) is 0 Å². The van der Waals surface area contributed by atoms with Crippen molar-refractivity contribution < 1.29 is 4.42 Å². The summed E-state index contributed by atoms with van der Waals surface area (Å²) in [7, 11) is 0. The Labute approximate surface area is 122 Å². The van der Waals surface area contributed by atoms with Gasteiger partial charge in [-0.1, -0.05) is 27.7 Å². The number of rotatable bonds is 5. The maximum Gasteiger partial charge on any atom is 0.297 e. The summed E-state index contributed by atoms with van der Waals surface area (Å²) >= 11 is 0. The van der Waals surface area contributed by atoms with Gasteiger partial charge in [0.15, 0.2) is 0 Å². The van der Waals surface area contributed by atoms with Crippen LogP contribution >= 0.6 is 0 Å². The average Bonchev–Trinajstić information content (AvgIpc) is 2.87. The largest absolute Gasteiger partial charge is 0.432 e. The first kappa shape index (κ1) is 15.4. The zero-order valence-corrected chi connectivity index (χ0v) is 13.4. The number of anilines is 1. The molecule has 2 rings (SSSR count). The van der Waals surface area contributed by atoms with Crippen LogP contribution in [0.5, 0.6) is 0 Å². The number of hydrogen-bond acceptors (Lipinski definition) is 4. The number of nitrogens with one attached hydrogen (secondary N) is 1. The Hall–Kier alpha value is -1.03. The first-order valence-electron chi connectivity index (χ1n) is 7.90. The summed E-state index contributed by atoms with van der Waals surface area (Å²) in [4.78, 5) is 6.87. The van der Waals surface area contributed by atoms with E-state index in [9.17, 15) is 0 Å². The van der Waals surface area contributed by atoms with Gasteiger partial charge in [0.2, 0.25) is 0 Å². The second kappa shape index (κ2) is 6.61. The summed E-state index contributed by atoms with van der Waals surface area (Å²) in [5.41, 5.74) is 1.42. The fourth-order valence-corrected chi connectivity index (χ4v) is 2.85. The topological polar surface area (TPSA) is 41.3 Å². The van der Waals surface area contributed by atoms with Crippen LogP contribution in [-0.2, 0) is 6.54 Å². The number of hydrogen-bond donors (Lipinski definition) is 1. The van der Waals surface area contributed by atoms with Crippen LogP contribution in [0, 0.1) is 11.3 Å². The van der Waals surface area contributed by atoms with Crippen LogP contribution in [0.4, 0.5) is 6.01 Å². The zero-order valence-electron chi connectivity index (χ0n) is 13.4. The zero-order chi connectivity index (χ0) is 14.6. The molecular formula is C16H29N3O. The molecule has 0 atom stereocenters. The molecule has 2 heterocycles. The van der Waals surface area contributed by atoms with Gasteiger partial charge in [-0.3, -0.25) is 0 Å². The Bertz CT molecular complexity index is 400. The predicted molar refractivity (Wildman–Crippen MR) is 82.9 cm³/mol. The van der Waals surface area contributed by atoms with Gasteiger partial charge in [0.1, 0.15) is 6.26 Å². The summed E-state index contributed by atoms with van der Waals surface area (Å²) < 4.78 is 5.63. The van der Waals surface area contributed by atoms with Gasteiger partial charge in [-0.2, -0.15) is 4.98 Å². The molecular weight excluding hydrogens is 250 g/mol. The minimum atomic E-state index is 0.415. The number of aromatic nitrogens is 1. The standard InChI is InChI=1S/C16H29N3O/c1-5-8-17-11-14-12-20-15(18-14)19-9-6-13(7-10-19)16(2,3)4/h12-13,17H,5-11H2,1-4H3. The molecule has 0 unspecified atom stereocenters. The van der Waals surface area contributed by atoms with Crippen LogP contribution in [0.3, 0.4) is 0 Å². The van der Waals surface area contributed by atoms with Gasteiger partial charge in [-0.25, -0.2) is 0 Å². The van der Waals surface area contributed by atoms with Crippen molar-refractivity contribution in [1.82, 2.24) is 10.3 Å². The quantitative estimate of drug-likeness (QED) is 0.838. The van der Waals surface area contributed by atoms with E-state index < -0.39 is 0 Å². The van der Waals surface area contributed by atoms with E-state index in [1.807, 2.05) is 0 Å². The Morgan fingerprint density at radius 1 is 1.35 bits per heavy atom. The Balaban J connectivity index is 1.84. The number of piperidine rings is 1. The Morgan fingerprint density at radius 3 is 2.65 bits per heavy atom. The molecule has 1 aliphatic heterocycles. The molecule has 0 amide bonds. The van der Waals surface area contributed by atoms with E-state index in [-0.39, 0.29) is 0 Å². The normalized spacial score (nSPS) is 17.7. The van der Waals surface area contributed by atoms with E-state index >= 15 is 0 Å². The van der Waals surface area contributed by atoms with Gasteiger partial charge < -0.3 is 14.6 Å². The monoisotopic (exact) mass is 279 g/mol. The summed E-state index contributed by atoms with van der Waals surface area (Å²) in [6.07, 6.45) is 5.39. The molecule has 1 aromatic heterocycles. The molecule has 1 fully saturated rings. The molecule has 0 bridgehead atoms. The smallest absolute Gasteiger partial charge is 0.297 e. The lowest BCUT2D eigenvalue weighted by molar-refractivity contribution is 0.196. The summed E-state index contributed by atoms with van der Waals surface area (Å²) in [5.74, 6) is 0.805. The average molecular weight is 279 g/mol. The minimum Gasteiger partial charge on any atom is -0.432 e. The van der Waals surface area contributed by atoms with E-state index in [0.29, 0.717) is 5.41 Å². The molecule has 1 saturated heterocycles. The third kappa shape index (κ3) is 3.98. The number of oxazole rings is 1. The number of nitrogens with zero attached hydrogens (tertiary/aromatic N) is 2. The van der Waals surface area contributed by atoms with E-state index in [2.05, 4.69) is 42.9 Å². The van der Waals surface area contributed by atoms with Gasteiger partial charge in [0.25, 0.3) is 6.01 Å². The van der Waals surface area contributed by atoms with Crippen LogP contribution in [0.15, 0.2) is 10.7 Å². The maximum absolute atomic E-state index is 5.63. The Morgan fingerprint density at radius 2 is 2.05 bits per heavy atom. The van der Waals surface area contributed by atoms with Crippen LogP contribution in [0.25, 0.3) is 0 Å². The highest BCUT2D eigenvalue weighted by Gasteiger charge is 2.30. The third-order valence-corrected chi connectivity index (χ3v) is 4.26. The molecule has 1 N–H and O–H groups in total. The minimum absolute atomic E-state index is 0.415. The second-order valence-electron chi connectivity index (χ2n) is 6.93. The first-order valence-corrected chi connectivity index (χ1v) is 7.90. The van der Waals surface area contributed by atoms with E-state index in [1.54, 1.807) is 6.26 Å². The van der Waals surface area contributed by atoms with Gasteiger partial charge in [0, 0.05) is 19.6 Å². The van der Waals surface area contributed by atoms with E-state index in [0.717, 1.165) is 50.2 Å². The molecule has 4 heteroatoms. The van der Waals surface area contributed by atoms with Crippen LogP contribution in [-0.4, -0.2) is 24.6 Å². The highest BCUT2D eigenvalue weighted by Crippen LogP contribution is 2.35. The highest BCUT2D eigenvalue weighted by atomic mass is 16.4. The van der Waals surface area contributed by atoms with Crippen LogP contribution < -0.4 is 10.2 Å². The molecule has 4 nitrogen and oxygen atoms in total. The van der Waals surface area contributed by atoms with Gasteiger partial charge in [-0.05, 0) is 37.1 Å². The Kier molecular flexibility index (Phi) is 5.08. The molecule has 114 valence electrons.